The Labute approximate surface area is 161 Å². The molecule has 7 heteroatoms. The summed E-state index contributed by atoms with van der Waals surface area (Å²) in [7, 11) is 1.41. The first kappa shape index (κ1) is 19.8. The van der Waals surface area contributed by atoms with Gasteiger partial charge in [-0.15, -0.1) is 0 Å². The van der Waals surface area contributed by atoms with E-state index in [-0.39, 0.29) is 22.9 Å². The molecule has 0 heterocycles. The van der Waals surface area contributed by atoms with Gasteiger partial charge in [0.1, 0.15) is 11.3 Å². The van der Waals surface area contributed by atoms with Crippen LogP contribution in [0, 0.1) is 0 Å². The molecule has 2 rings (SSSR count). The number of methoxy groups -OCH3 is 1. The molecule has 0 aliphatic heterocycles. The summed E-state index contributed by atoms with van der Waals surface area (Å²) in [4.78, 5) is 24.0. The summed E-state index contributed by atoms with van der Waals surface area (Å²) in [5.41, 5.74) is 1.29. The Hall–Kier alpha value is -2.50. The highest BCUT2D eigenvalue weighted by Gasteiger charge is 2.17. The summed E-state index contributed by atoms with van der Waals surface area (Å²) in [6.07, 6.45) is 2.98. The van der Waals surface area contributed by atoms with Crippen LogP contribution >= 0.6 is 23.2 Å². The predicted octanol–water partition coefficient (Wildman–Crippen LogP) is 4.83. The van der Waals surface area contributed by atoms with Crippen molar-refractivity contribution in [3.63, 3.8) is 0 Å². The second kappa shape index (κ2) is 9.27. The Morgan fingerprint density at radius 3 is 2.62 bits per heavy atom. The molecule has 2 aromatic carbocycles. The van der Waals surface area contributed by atoms with Gasteiger partial charge in [0.05, 0.1) is 24.4 Å². The quantitative estimate of drug-likeness (QED) is 0.563. The molecule has 0 aromatic heterocycles. The number of amides is 1. The maximum absolute atomic E-state index is 12.1. The highest BCUT2D eigenvalue weighted by molar-refractivity contribution is 6.34. The minimum atomic E-state index is -0.551. The van der Waals surface area contributed by atoms with Crippen molar-refractivity contribution >= 4 is 46.8 Å². The smallest absolute Gasteiger partial charge is 0.341 e. The molecule has 1 N–H and O–H groups in total. The molecule has 26 heavy (non-hydrogen) atoms. The van der Waals surface area contributed by atoms with E-state index in [0.29, 0.717) is 10.7 Å². The van der Waals surface area contributed by atoms with Crippen LogP contribution in [0.4, 0.5) is 5.69 Å². The lowest BCUT2D eigenvalue weighted by Gasteiger charge is -2.12. The first-order chi connectivity index (χ1) is 12.4. The fourth-order valence-electron chi connectivity index (χ4n) is 2.14. The van der Waals surface area contributed by atoms with Gasteiger partial charge < -0.3 is 14.8 Å². The molecular weight excluding hydrogens is 377 g/mol. The van der Waals surface area contributed by atoms with E-state index in [1.807, 2.05) is 6.07 Å². The van der Waals surface area contributed by atoms with Gasteiger partial charge in [0.15, 0.2) is 0 Å². The SMILES string of the molecule is CCOC(=O)c1cc(Cl)c(NC(=O)/C=C/c2cccc(Cl)c2)cc1OC. The van der Waals surface area contributed by atoms with Crippen molar-refractivity contribution in [3.05, 3.63) is 63.6 Å². The van der Waals surface area contributed by atoms with E-state index in [0.717, 1.165) is 5.56 Å². The average molecular weight is 394 g/mol. The van der Waals surface area contributed by atoms with Gasteiger partial charge in [0, 0.05) is 17.2 Å². The lowest BCUT2D eigenvalue weighted by Crippen LogP contribution is -2.11. The number of esters is 1. The van der Waals surface area contributed by atoms with Crippen molar-refractivity contribution in [1.29, 1.82) is 0 Å². The molecule has 5 nitrogen and oxygen atoms in total. The lowest BCUT2D eigenvalue weighted by molar-refractivity contribution is -0.111. The minimum Gasteiger partial charge on any atom is -0.496 e. The van der Waals surface area contributed by atoms with Crippen molar-refractivity contribution in [1.82, 2.24) is 0 Å². The van der Waals surface area contributed by atoms with Crippen molar-refractivity contribution in [2.24, 2.45) is 0 Å². The number of benzene rings is 2. The molecule has 0 saturated carbocycles. The first-order valence-electron chi connectivity index (χ1n) is 7.74. The third-order valence-electron chi connectivity index (χ3n) is 3.32. The molecule has 0 radical (unpaired) electrons. The van der Waals surface area contributed by atoms with Crippen LogP contribution in [-0.2, 0) is 9.53 Å². The maximum Gasteiger partial charge on any atom is 0.341 e. The van der Waals surface area contributed by atoms with E-state index in [9.17, 15) is 9.59 Å². The Morgan fingerprint density at radius 2 is 1.96 bits per heavy atom. The highest BCUT2D eigenvalue weighted by Crippen LogP contribution is 2.31. The standard InChI is InChI=1S/C19H17Cl2NO4/c1-3-26-19(24)14-10-15(21)16(11-17(14)25-2)22-18(23)8-7-12-5-4-6-13(20)9-12/h4-11H,3H2,1-2H3,(H,22,23)/b8-7+. The molecule has 0 atom stereocenters. The maximum atomic E-state index is 12.1. The Morgan fingerprint density at radius 1 is 1.19 bits per heavy atom. The number of ether oxygens (including phenoxy) is 2. The van der Waals surface area contributed by atoms with E-state index in [4.69, 9.17) is 32.7 Å². The van der Waals surface area contributed by atoms with Crippen LogP contribution in [0.1, 0.15) is 22.8 Å². The van der Waals surface area contributed by atoms with Gasteiger partial charge in [-0.05, 0) is 36.8 Å². The summed E-state index contributed by atoms with van der Waals surface area (Å²) in [5, 5.41) is 3.42. The van der Waals surface area contributed by atoms with E-state index in [2.05, 4.69) is 5.32 Å². The third-order valence-corrected chi connectivity index (χ3v) is 3.87. The Balaban J connectivity index is 2.18. The number of halogens is 2. The normalized spacial score (nSPS) is 10.6. The summed E-state index contributed by atoms with van der Waals surface area (Å²) < 4.78 is 10.1. The number of nitrogens with one attached hydrogen (secondary N) is 1. The van der Waals surface area contributed by atoms with E-state index in [1.54, 1.807) is 31.2 Å². The van der Waals surface area contributed by atoms with Gasteiger partial charge in [-0.1, -0.05) is 35.3 Å². The number of carbonyl (C=O) groups excluding carboxylic acids is 2. The van der Waals surface area contributed by atoms with Gasteiger partial charge >= 0.3 is 5.97 Å². The minimum absolute atomic E-state index is 0.187. The van der Waals surface area contributed by atoms with Crippen LogP contribution in [-0.4, -0.2) is 25.6 Å². The molecule has 0 bridgehead atoms. The number of hydrogen-bond donors (Lipinski definition) is 1. The summed E-state index contributed by atoms with van der Waals surface area (Å²) in [6, 6.07) is 9.95. The summed E-state index contributed by atoms with van der Waals surface area (Å²) in [6.45, 7) is 1.93. The zero-order valence-corrected chi connectivity index (χ0v) is 15.7. The molecule has 2 aromatic rings. The predicted molar refractivity (Wildman–Crippen MR) is 103 cm³/mol. The molecule has 0 aliphatic rings. The van der Waals surface area contributed by atoms with Crippen molar-refractivity contribution < 1.29 is 19.1 Å². The lowest BCUT2D eigenvalue weighted by atomic mass is 10.1. The number of anilines is 1. The molecule has 136 valence electrons. The van der Waals surface area contributed by atoms with Crippen molar-refractivity contribution in [2.75, 3.05) is 19.0 Å². The van der Waals surface area contributed by atoms with Gasteiger partial charge in [-0.25, -0.2) is 4.79 Å². The van der Waals surface area contributed by atoms with E-state index < -0.39 is 11.9 Å². The number of carbonyl (C=O) groups is 2. The largest absolute Gasteiger partial charge is 0.496 e. The number of rotatable bonds is 6. The first-order valence-corrected chi connectivity index (χ1v) is 8.49. The van der Waals surface area contributed by atoms with E-state index >= 15 is 0 Å². The van der Waals surface area contributed by atoms with Crippen LogP contribution in [0.5, 0.6) is 5.75 Å². The molecule has 0 spiro atoms. The Kier molecular flexibility index (Phi) is 7.06. The second-order valence-electron chi connectivity index (χ2n) is 5.13. The molecule has 0 aliphatic carbocycles. The fraction of sp³-hybridized carbons (Fsp3) is 0.158. The third kappa shape index (κ3) is 5.25. The molecule has 0 unspecified atom stereocenters. The van der Waals surface area contributed by atoms with Crippen LogP contribution < -0.4 is 10.1 Å². The second-order valence-corrected chi connectivity index (χ2v) is 5.97. The Bertz CT molecular complexity index is 849. The van der Waals surface area contributed by atoms with E-state index in [1.165, 1.54) is 25.3 Å². The van der Waals surface area contributed by atoms with Crippen LogP contribution in [0.2, 0.25) is 10.0 Å². The summed E-state index contributed by atoms with van der Waals surface area (Å²) >= 11 is 12.1. The van der Waals surface area contributed by atoms with Crippen molar-refractivity contribution in [3.8, 4) is 5.75 Å². The van der Waals surface area contributed by atoms with Gasteiger partial charge in [-0.3, -0.25) is 4.79 Å². The zero-order valence-electron chi connectivity index (χ0n) is 14.2. The topological polar surface area (TPSA) is 64.6 Å². The fourth-order valence-corrected chi connectivity index (χ4v) is 2.55. The molecule has 1 amide bonds. The van der Waals surface area contributed by atoms with Crippen LogP contribution in [0.3, 0.4) is 0 Å². The van der Waals surface area contributed by atoms with Crippen LogP contribution in [0.15, 0.2) is 42.5 Å². The monoisotopic (exact) mass is 393 g/mol. The van der Waals surface area contributed by atoms with Gasteiger partial charge in [0.2, 0.25) is 5.91 Å². The molecule has 0 fully saturated rings. The highest BCUT2D eigenvalue weighted by atomic mass is 35.5. The van der Waals surface area contributed by atoms with Crippen molar-refractivity contribution in [2.45, 2.75) is 6.92 Å². The zero-order chi connectivity index (χ0) is 19.1. The molecule has 0 saturated heterocycles. The van der Waals surface area contributed by atoms with Crippen LogP contribution in [0.25, 0.3) is 6.08 Å². The van der Waals surface area contributed by atoms with Gasteiger partial charge in [-0.2, -0.15) is 0 Å². The molecular formula is C19H17Cl2NO4. The van der Waals surface area contributed by atoms with Gasteiger partial charge in [0.25, 0.3) is 0 Å². The summed E-state index contributed by atoms with van der Waals surface area (Å²) in [5.74, 6) is -0.690. The average Bonchev–Trinajstić information content (AvgIpc) is 2.61. The number of hydrogen-bond acceptors (Lipinski definition) is 4.